The van der Waals surface area contributed by atoms with Gasteiger partial charge < -0.3 is 0 Å². The zero-order valence-electron chi connectivity index (χ0n) is 9.91. The average Bonchev–Trinajstić information content (AvgIpc) is 2.89. The topological polar surface area (TPSA) is 82.8 Å². The lowest BCUT2D eigenvalue weighted by Gasteiger charge is -2.04. The predicted molar refractivity (Wildman–Crippen MR) is 72.2 cm³/mol. The van der Waals surface area contributed by atoms with Crippen LogP contribution >= 0.6 is 11.3 Å². The van der Waals surface area contributed by atoms with E-state index in [4.69, 9.17) is 5.26 Å². The first-order valence-corrected chi connectivity index (χ1v) is 7.80. The summed E-state index contributed by atoms with van der Waals surface area (Å²) in [6, 6.07) is 8.55. The standard InChI is InChI=1S/C12H11N3O2S2/c13-9-11-1-2-12(18-11)19(16,17)15-8-5-10-3-6-14-7-4-10/h1-4,6-7,15H,5,8H2. The quantitative estimate of drug-likeness (QED) is 0.906. The predicted octanol–water partition coefficient (Wildman–Crippen LogP) is 1.54. The molecule has 5 nitrogen and oxygen atoms in total. The van der Waals surface area contributed by atoms with Gasteiger partial charge in [0.15, 0.2) is 0 Å². The summed E-state index contributed by atoms with van der Waals surface area (Å²) in [7, 11) is -3.52. The molecule has 98 valence electrons. The van der Waals surface area contributed by atoms with Crippen molar-refractivity contribution >= 4 is 21.4 Å². The number of hydrogen-bond acceptors (Lipinski definition) is 5. The Hall–Kier alpha value is -1.75. The van der Waals surface area contributed by atoms with E-state index in [0.717, 1.165) is 16.9 Å². The molecule has 2 rings (SSSR count). The van der Waals surface area contributed by atoms with Gasteiger partial charge in [0.25, 0.3) is 0 Å². The Morgan fingerprint density at radius 3 is 2.63 bits per heavy atom. The minimum Gasteiger partial charge on any atom is -0.265 e. The second kappa shape index (κ2) is 5.93. The van der Waals surface area contributed by atoms with Gasteiger partial charge in [-0.25, -0.2) is 13.1 Å². The summed E-state index contributed by atoms with van der Waals surface area (Å²) in [6.07, 6.45) is 3.93. The zero-order valence-corrected chi connectivity index (χ0v) is 11.5. The second-order valence-corrected chi connectivity index (χ2v) is 6.81. The van der Waals surface area contributed by atoms with Crippen LogP contribution in [0.5, 0.6) is 0 Å². The van der Waals surface area contributed by atoms with Crippen LogP contribution in [0.4, 0.5) is 0 Å². The Kier molecular flexibility index (Phi) is 4.27. The first kappa shape index (κ1) is 13.7. The molecule has 0 aliphatic rings. The monoisotopic (exact) mass is 293 g/mol. The van der Waals surface area contributed by atoms with E-state index in [0.29, 0.717) is 17.8 Å². The summed E-state index contributed by atoms with van der Waals surface area (Å²) in [5.74, 6) is 0. The minimum absolute atomic E-state index is 0.166. The maximum Gasteiger partial charge on any atom is 0.250 e. The summed E-state index contributed by atoms with van der Waals surface area (Å²) in [5, 5.41) is 8.68. The van der Waals surface area contributed by atoms with Gasteiger partial charge in [-0.15, -0.1) is 11.3 Å². The van der Waals surface area contributed by atoms with Crippen LogP contribution < -0.4 is 4.72 Å². The maximum absolute atomic E-state index is 11.9. The smallest absolute Gasteiger partial charge is 0.250 e. The van der Waals surface area contributed by atoms with E-state index in [1.165, 1.54) is 12.1 Å². The van der Waals surface area contributed by atoms with Crippen molar-refractivity contribution in [2.24, 2.45) is 0 Å². The van der Waals surface area contributed by atoms with Gasteiger partial charge in [0, 0.05) is 18.9 Å². The van der Waals surface area contributed by atoms with E-state index >= 15 is 0 Å². The van der Waals surface area contributed by atoms with Crippen molar-refractivity contribution in [2.45, 2.75) is 10.6 Å². The van der Waals surface area contributed by atoms with Crippen molar-refractivity contribution in [3.63, 3.8) is 0 Å². The van der Waals surface area contributed by atoms with Crippen LogP contribution in [0.1, 0.15) is 10.4 Å². The van der Waals surface area contributed by atoms with Gasteiger partial charge in [-0.2, -0.15) is 5.26 Å². The number of thiophene rings is 1. The van der Waals surface area contributed by atoms with E-state index in [9.17, 15) is 8.42 Å². The maximum atomic E-state index is 11.9. The van der Waals surface area contributed by atoms with E-state index in [-0.39, 0.29) is 4.21 Å². The number of aromatic nitrogens is 1. The van der Waals surface area contributed by atoms with Crippen molar-refractivity contribution in [2.75, 3.05) is 6.54 Å². The number of pyridine rings is 1. The van der Waals surface area contributed by atoms with Crippen LogP contribution in [0.2, 0.25) is 0 Å². The summed E-state index contributed by atoms with van der Waals surface area (Å²) >= 11 is 0.964. The van der Waals surface area contributed by atoms with Gasteiger partial charge in [-0.1, -0.05) is 0 Å². The molecule has 19 heavy (non-hydrogen) atoms. The van der Waals surface area contributed by atoms with Crippen molar-refractivity contribution in [1.29, 1.82) is 5.26 Å². The molecule has 0 radical (unpaired) electrons. The largest absolute Gasteiger partial charge is 0.265 e. The SMILES string of the molecule is N#Cc1ccc(S(=O)(=O)NCCc2ccncc2)s1. The molecule has 0 aliphatic heterocycles. The van der Waals surface area contributed by atoms with Gasteiger partial charge in [-0.05, 0) is 36.2 Å². The van der Waals surface area contributed by atoms with E-state index in [1.54, 1.807) is 12.4 Å². The molecule has 0 saturated carbocycles. The van der Waals surface area contributed by atoms with Crippen LogP contribution in [0.3, 0.4) is 0 Å². The third-order valence-electron chi connectivity index (χ3n) is 2.41. The lowest BCUT2D eigenvalue weighted by Crippen LogP contribution is -2.25. The average molecular weight is 293 g/mol. The molecule has 0 spiro atoms. The first-order valence-electron chi connectivity index (χ1n) is 5.50. The second-order valence-electron chi connectivity index (χ2n) is 3.73. The molecular formula is C12H11N3O2S2. The molecule has 2 aromatic rings. The molecule has 7 heteroatoms. The third kappa shape index (κ3) is 3.61. The molecule has 2 aromatic heterocycles. The summed E-state index contributed by atoms with van der Waals surface area (Å²) in [5.41, 5.74) is 1.02. The van der Waals surface area contributed by atoms with E-state index in [2.05, 4.69) is 9.71 Å². The van der Waals surface area contributed by atoms with Crippen LogP contribution in [0, 0.1) is 11.3 Å². The Morgan fingerprint density at radius 2 is 2.00 bits per heavy atom. The molecule has 0 fully saturated rings. The lowest BCUT2D eigenvalue weighted by molar-refractivity contribution is 0.584. The fourth-order valence-electron chi connectivity index (χ4n) is 1.47. The summed E-state index contributed by atoms with van der Waals surface area (Å²) in [6.45, 7) is 0.312. The molecule has 1 N–H and O–H groups in total. The number of rotatable bonds is 5. The Labute approximate surface area is 115 Å². The number of hydrogen-bond donors (Lipinski definition) is 1. The Morgan fingerprint density at radius 1 is 1.26 bits per heavy atom. The number of nitriles is 1. The highest BCUT2D eigenvalue weighted by Crippen LogP contribution is 2.20. The van der Waals surface area contributed by atoms with Gasteiger partial charge in [-0.3, -0.25) is 4.98 Å². The van der Waals surface area contributed by atoms with Crippen molar-refractivity contribution < 1.29 is 8.42 Å². The lowest BCUT2D eigenvalue weighted by atomic mass is 10.2. The van der Waals surface area contributed by atoms with Gasteiger partial charge in [0.2, 0.25) is 10.0 Å². The molecule has 0 saturated heterocycles. The first-order chi connectivity index (χ1) is 9.12. The van der Waals surface area contributed by atoms with Gasteiger partial charge in [0.05, 0.1) is 0 Å². The third-order valence-corrected chi connectivity index (χ3v) is 5.35. The normalized spacial score (nSPS) is 11.1. The number of nitrogens with zero attached hydrogens (tertiary/aromatic N) is 2. The molecule has 0 aromatic carbocycles. The Balaban J connectivity index is 1.97. The highest BCUT2D eigenvalue weighted by atomic mass is 32.2. The zero-order chi connectivity index (χ0) is 13.7. The van der Waals surface area contributed by atoms with E-state index in [1.807, 2.05) is 18.2 Å². The Bertz CT molecular complexity index is 687. The number of nitrogens with one attached hydrogen (secondary N) is 1. The molecule has 0 atom stereocenters. The van der Waals surface area contributed by atoms with Crippen molar-refractivity contribution in [3.8, 4) is 6.07 Å². The highest BCUT2D eigenvalue weighted by molar-refractivity contribution is 7.91. The van der Waals surface area contributed by atoms with Crippen LogP contribution in [0.25, 0.3) is 0 Å². The van der Waals surface area contributed by atoms with Crippen molar-refractivity contribution in [3.05, 3.63) is 47.1 Å². The summed E-state index contributed by atoms with van der Waals surface area (Å²) in [4.78, 5) is 4.28. The van der Waals surface area contributed by atoms with Gasteiger partial charge >= 0.3 is 0 Å². The van der Waals surface area contributed by atoms with Gasteiger partial charge in [0.1, 0.15) is 15.2 Å². The van der Waals surface area contributed by atoms with Crippen LogP contribution in [0.15, 0.2) is 40.9 Å². The molecule has 0 aliphatic carbocycles. The van der Waals surface area contributed by atoms with Crippen molar-refractivity contribution in [1.82, 2.24) is 9.71 Å². The van der Waals surface area contributed by atoms with E-state index < -0.39 is 10.0 Å². The summed E-state index contributed by atoms with van der Waals surface area (Å²) < 4.78 is 26.5. The fraction of sp³-hybridized carbons (Fsp3) is 0.167. The minimum atomic E-state index is -3.52. The highest BCUT2D eigenvalue weighted by Gasteiger charge is 2.16. The molecule has 2 heterocycles. The molecule has 0 amide bonds. The van der Waals surface area contributed by atoms with Crippen LogP contribution in [-0.4, -0.2) is 19.9 Å². The molecule has 0 unspecified atom stereocenters. The number of sulfonamides is 1. The molecular weight excluding hydrogens is 282 g/mol. The van der Waals surface area contributed by atoms with Crippen LogP contribution in [-0.2, 0) is 16.4 Å². The molecule has 0 bridgehead atoms. The fourth-order valence-corrected chi connectivity index (χ4v) is 3.65.